The highest BCUT2D eigenvalue weighted by molar-refractivity contribution is 5.57. The maximum absolute atomic E-state index is 9.16. The minimum atomic E-state index is 0.241. The molecule has 1 aromatic rings. The second kappa shape index (κ2) is 3.46. The average molecular weight is 229 g/mol. The zero-order chi connectivity index (χ0) is 12.8. The SMILES string of the molecule is Cc1ccnc(NC2C(C)(C)C2(C)C)c1C#N. The topological polar surface area (TPSA) is 48.7 Å². The van der Waals surface area contributed by atoms with Crippen LogP contribution in [0.3, 0.4) is 0 Å². The summed E-state index contributed by atoms with van der Waals surface area (Å²) >= 11 is 0. The second-order valence-electron chi connectivity index (χ2n) is 5.98. The van der Waals surface area contributed by atoms with Crippen LogP contribution in [0.25, 0.3) is 0 Å². The third-order valence-corrected chi connectivity index (χ3v) is 4.57. The lowest BCUT2D eigenvalue weighted by Gasteiger charge is -2.10. The first kappa shape index (κ1) is 11.9. The number of hydrogen-bond acceptors (Lipinski definition) is 3. The fourth-order valence-electron chi connectivity index (χ4n) is 2.50. The van der Waals surface area contributed by atoms with Crippen LogP contribution >= 0.6 is 0 Å². The predicted molar refractivity (Wildman–Crippen MR) is 68.7 cm³/mol. The fraction of sp³-hybridized carbons (Fsp3) is 0.571. The number of rotatable bonds is 2. The van der Waals surface area contributed by atoms with E-state index in [1.807, 2.05) is 13.0 Å². The molecule has 0 spiro atoms. The van der Waals surface area contributed by atoms with Crippen LogP contribution < -0.4 is 5.32 Å². The van der Waals surface area contributed by atoms with Crippen molar-refractivity contribution in [2.75, 3.05) is 5.32 Å². The van der Waals surface area contributed by atoms with Crippen LogP contribution in [-0.2, 0) is 0 Å². The molecule has 0 radical (unpaired) electrons. The van der Waals surface area contributed by atoms with Crippen molar-refractivity contribution in [2.45, 2.75) is 40.7 Å². The molecule has 1 aromatic heterocycles. The largest absolute Gasteiger partial charge is 0.365 e. The van der Waals surface area contributed by atoms with Crippen molar-refractivity contribution in [3.63, 3.8) is 0 Å². The Morgan fingerprint density at radius 1 is 1.29 bits per heavy atom. The summed E-state index contributed by atoms with van der Waals surface area (Å²) in [5.41, 5.74) is 2.11. The Balaban J connectivity index is 2.29. The number of nitriles is 1. The molecule has 0 atom stereocenters. The third-order valence-electron chi connectivity index (χ3n) is 4.57. The van der Waals surface area contributed by atoms with Crippen molar-refractivity contribution in [3.05, 3.63) is 23.4 Å². The minimum Gasteiger partial charge on any atom is -0.365 e. The number of nitrogens with zero attached hydrogens (tertiary/aromatic N) is 2. The number of hydrogen-bond donors (Lipinski definition) is 1. The van der Waals surface area contributed by atoms with Crippen LogP contribution in [0.15, 0.2) is 12.3 Å². The van der Waals surface area contributed by atoms with E-state index in [4.69, 9.17) is 5.26 Å². The molecule has 2 rings (SSSR count). The van der Waals surface area contributed by atoms with Gasteiger partial charge in [-0.05, 0) is 29.4 Å². The standard InChI is InChI=1S/C14H19N3/c1-9-6-7-16-11(10(9)8-15)17-12-13(2,3)14(12,4)5/h6-7,12H,1-5H3,(H,16,17). The van der Waals surface area contributed by atoms with Crippen LogP contribution in [0, 0.1) is 29.1 Å². The molecule has 0 aromatic carbocycles. The first-order chi connectivity index (χ1) is 7.82. The molecular weight excluding hydrogens is 210 g/mol. The van der Waals surface area contributed by atoms with Gasteiger partial charge in [-0.25, -0.2) is 4.98 Å². The molecule has 1 aliphatic rings. The number of aromatic nitrogens is 1. The van der Waals surface area contributed by atoms with E-state index < -0.39 is 0 Å². The van der Waals surface area contributed by atoms with Crippen molar-refractivity contribution in [2.24, 2.45) is 10.8 Å². The summed E-state index contributed by atoms with van der Waals surface area (Å²) in [6.45, 7) is 10.9. The summed E-state index contributed by atoms with van der Waals surface area (Å²) in [7, 11) is 0. The Hall–Kier alpha value is -1.56. The lowest BCUT2D eigenvalue weighted by atomic mass is 10.0. The van der Waals surface area contributed by atoms with Crippen molar-refractivity contribution < 1.29 is 0 Å². The first-order valence-electron chi connectivity index (χ1n) is 5.94. The Morgan fingerprint density at radius 2 is 1.88 bits per heavy atom. The zero-order valence-corrected chi connectivity index (χ0v) is 11.1. The smallest absolute Gasteiger partial charge is 0.144 e. The molecule has 0 unspecified atom stereocenters. The molecular formula is C14H19N3. The number of pyridine rings is 1. The Bertz CT molecular complexity index is 481. The maximum atomic E-state index is 9.16. The molecule has 1 N–H and O–H groups in total. The fourth-order valence-corrected chi connectivity index (χ4v) is 2.50. The van der Waals surface area contributed by atoms with Crippen molar-refractivity contribution in [1.82, 2.24) is 4.98 Å². The summed E-state index contributed by atoms with van der Waals surface area (Å²) in [4.78, 5) is 4.29. The van der Waals surface area contributed by atoms with Gasteiger partial charge in [-0.2, -0.15) is 5.26 Å². The Labute approximate surface area is 103 Å². The lowest BCUT2D eigenvalue weighted by molar-refractivity contribution is 0.457. The van der Waals surface area contributed by atoms with E-state index in [0.29, 0.717) is 11.6 Å². The van der Waals surface area contributed by atoms with Crippen molar-refractivity contribution in [1.29, 1.82) is 5.26 Å². The van der Waals surface area contributed by atoms with Gasteiger partial charge in [-0.1, -0.05) is 27.7 Å². The van der Waals surface area contributed by atoms with Crippen LogP contribution in [0.2, 0.25) is 0 Å². The van der Waals surface area contributed by atoms with Gasteiger partial charge >= 0.3 is 0 Å². The average Bonchev–Trinajstić information content (AvgIpc) is 2.61. The first-order valence-corrected chi connectivity index (χ1v) is 5.94. The molecule has 90 valence electrons. The third kappa shape index (κ3) is 1.59. The van der Waals surface area contributed by atoms with Crippen LogP contribution in [0.5, 0.6) is 0 Å². The van der Waals surface area contributed by atoms with E-state index in [2.05, 4.69) is 44.1 Å². The second-order valence-corrected chi connectivity index (χ2v) is 5.98. The monoisotopic (exact) mass is 229 g/mol. The molecule has 0 aliphatic heterocycles. The summed E-state index contributed by atoms with van der Waals surface area (Å²) in [5.74, 6) is 0.719. The number of aryl methyl sites for hydroxylation is 1. The summed E-state index contributed by atoms with van der Waals surface area (Å²) in [6.07, 6.45) is 1.75. The van der Waals surface area contributed by atoms with Crippen molar-refractivity contribution >= 4 is 5.82 Å². The number of nitrogens with one attached hydrogen (secondary N) is 1. The molecule has 0 saturated heterocycles. The molecule has 1 saturated carbocycles. The van der Waals surface area contributed by atoms with Gasteiger partial charge in [-0.3, -0.25) is 0 Å². The molecule has 3 heteroatoms. The summed E-state index contributed by atoms with van der Waals surface area (Å²) in [5, 5.41) is 12.6. The quantitative estimate of drug-likeness (QED) is 0.847. The van der Waals surface area contributed by atoms with Gasteiger partial charge in [0.15, 0.2) is 0 Å². The minimum absolute atomic E-state index is 0.241. The highest BCUT2D eigenvalue weighted by Gasteiger charge is 2.65. The lowest BCUT2D eigenvalue weighted by Crippen LogP contribution is -2.13. The normalized spacial score (nSPS) is 20.7. The van der Waals surface area contributed by atoms with Crippen LogP contribution in [0.1, 0.15) is 38.8 Å². The highest BCUT2D eigenvalue weighted by atomic mass is 15.1. The zero-order valence-electron chi connectivity index (χ0n) is 11.1. The molecule has 1 aliphatic carbocycles. The number of anilines is 1. The van der Waals surface area contributed by atoms with E-state index in [1.54, 1.807) is 6.20 Å². The van der Waals surface area contributed by atoms with Crippen LogP contribution in [-0.4, -0.2) is 11.0 Å². The summed E-state index contributed by atoms with van der Waals surface area (Å²) in [6, 6.07) is 4.47. The van der Waals surface area contributed by atoms with Gasteiger partial charge in [0.05, 0.1) is 5.56 Å². The van der Waals surface area contributed by atoms with E-state index >= 15 is 0 Å². The Morgan fingerprint density at radius 3 is 2.35 bits per heavy atom. The molecule has 17 heavy (non-hydrogen) atoms. The predicted octanol–water partition coefficient (Wildman–Crippen LogP) is 3.11. The molecule has 1 fully saturated rings. The van der Waals surface area contributed by atoms with E-state index in [1.165, 1.54) is 0 Å². The summed E-state index contributed by atoms with van der Waals surface area (Å²) < 4.78 is 0. The van der Waals surface area contributed by atoms with Crippen molar-refractivity contribution in [3.8, 4) is 6.07 Å². The van der Waals surface area contributed by atoms with E-state index in [0.717, 1.165) is 11.4 Å². The van der Waals surface area contributed by atoms with Gasteiger partial charge in [0.1, 0.15) is 11.9 Å². The van der Waals surface area contributed by atoms with Gasteiger partial charge in [0.2, 0.25) is 0 Å². The molecule has 1 heterocycles. The molecule has 3 nitrogen and oxygen atoms in total. The van der Waals surface area contributed by atoms with Gasteiger partial charge in [-0.15, -0.1) is 0 Å². The van der Waals surface area contributed by atoms with Gasteiger partial charge in [0.25, 0.3) is 0 Å². The maximum Gasteiger partial charge on any atom is 0.144 e. The van der Waals surface area contributed by atoms with Gasteiger partial charge < -0.3 is 5.32 Å². The molecule has 0 bridgehead atoms. The van der Waals surface area contributed by atoms with Crippen LogP contribution in [0.4, 0.5) is 5.82 Å². The highest BCUT2D eigenvalue weighted by Crippen LogP contribution is 2.63. The van der Waals surface area contributed by atoms with Gasteiger partial charge in [0, 0.05) is 12.2 Å². The Kier molecular flexibility index (Phi) is 2.43. The van der Waals surface area contributed by atoms with E-state index in [9.17, 15) is 0 Å². The van der Waals surface area contributed by atoms with E-state index in [-0.39, 0.29) is 10.8 Å². The molecule has 0 amide bonds.